The highest BCUT2D eigenvalue weighted by atomic mass is 15.1. The van der Waals surface area contributed by atoms with Crippen molar-refractivity contribution in [2.24, 2.45) is 0 Å². The Morgan fingerprint density at radius 1 is 0.800 bits per heavy atom. The number of para-hydroxylation sites is 1. The monoisotopic (exact) mass is 462 g/mol. The third-order valence-corrected chi connectivity index (χ3v) is 8.52. The van der Waals surface area contributed by atoms with E-state index in [1.165, 1.54) is 80.4 Å². The molecule has 0 radical (unpaired) electrons. The van der Waals surface area contributed by atoms with Gasteiger partial charge in [0.1, 0.15) is 0 Å². The highest BCUT2D eigenvalue weighted by Crippen LogP contribution is 2.42. The van der Waals surface area contributed by atoms with Crippen LogP contribution in [0.15, 0.2) is 60.7 Å². The van der Waals surface area contributed by atoms with Crippen molar-refractivity contribution in [3.63, 3.8) is 0 Å². The van der Waals surface area contributed by atoms with Gasteiger partial charge >= 0.3 is 0 Å². The van der Waals surface area contributed by atoms with Gasteiger partial charge in [-0.3, -0.25) is 0 Å². The molecule has 35 heavy (non-hydrogen) atoms. The van der Waals surface area contributed by atoms with Crippen molar-refractivity contribution < 1.29 is 4.57 Å². The van der Waals surface area contributed by atoms with E-state index in [1.807, 2.05) is 0 Å². The molecule has 2 heterocycles. The summed E-state index contributed by atoms with van der Waals surface area (Å²) in [6.07, 6.45) is 7.03. The van der Waals surface area contributed by atoms with E-state index in [9.17, 15) is 0 Å². The summed E-state index contributed by atoms with van der Waals surface area (Å²) in [5.74, 6) is 0. The molecule has 1 heteroatoms. The number of fused-ring (bicyclic) bond motifs is 5. The first kappa shape index (κ1) is 23.8. The smallest absolute Gasteiger partial charge is 0.185 e. The molecule has 3 aromatic carbocycles. The summed E-state index contributed by atoms with van der Waals surface area (Å²) in [5.41, 5.74) is 14.2. The van der Waals surface area contributed by atoms with E-state index in [0.717, 1.165) is 19.3 Å². The average molecular weight is 463 g/mol. The van der Waals surface area contributed by atoms with E-state index < -0.39 is 0 Å². The molecular formula is C34H40N+. The topological polar surface area (TPSA) is 3.88 Å². The van der Waals surface area contributed by atoms with Crippen molar-refractivity contribution in [1.82, 2.24) is 0 Å². The number of pyridine rings is 1. The van der Waals surface area contributed by atoms with Crippen LogP contribution < -0.4 is 4.57 Å². The van der Waals surface area contributed by atoms with Crippen molar-refractivity contribution in [3.8, 4) is 22.4 Å². The Bertz CT molecular complexity index is 1380. The number of rotatable bonds is 6. The Morgan fingerprint density at radius 2 is 1.51 bits per heavy atom. The Morgan fingerprint density at radius 3 is 2.20 bits per heavy atom. The zero-order valence-electron chi connectivity index (χ0n) is 22.5. The molecule has 0 saturated heterocycles. The quantitative estimate of drug-likeness (QED) is 0.252. The van der Waals surface area contributed by atoms with Crippen LogP contribution in [-0.2, 0) is 18.4 Å². The van der Waals surface area contributed by atoms with Crippen LogP contribution in [0.1, 0.15) is 74.3 Å². The molecule has 1 aromatic heterocycles. The molecule has 1 nitrogen and oxygen atoms in total. The maximum Gasteiger partial charge on any atom is 0.216 e. The van der Waals surface area contributed by atoms with Crippen LogP contribution in [0, 0.1) is 20.8 Å². The lowest BCUT2D eigenvalue weighted by Gasteiger charge is -2.34. The number of hydrogen-bond acceptors (Lipinski definition) is 0. The van der Waals surface area contributed by atoms with Gasteiger partial charge in [-0.2, -0.15) is 4.57 Å². The summed E-state index contributed by atoms with van der Waals surface area (Å²) in [5, 5.41) is 1.34. The fourth-order valence-corrected chi connectivity index (χ4v) is 6.63. The molecule has 0 unspecified atom stereocenters. The number of benzene rings is 3. The zero-order chi connectivity index (χ0) is 24.7. The second kappa shape index (κ2) is 9.26. The van der Waals surface area contributed by atoms with Crippen molar-refractivity contribution in [3.05, 3.63) is 88.5 Å². The van der Waals surface area contributed by atoms with E-state index in [-0.39, 0.29) is 5.54 Å². The molecule has 0 amide bonds. The van der Waals surface area contributed by atoms with E-state index in [4.69, 9.17) is 0 Å². The summed E-state index contributed by atoms with van der Waals surface area (Å²) in [6.45, 7) is 13.9. The van der Waals surface area contributed by atoms with Crippen molar-refractivity contribution in [2.75, 3.05) is 0 Å². The van der Waals surface area contributed by atoms with Gasteiger partial charge in [-0.05, 0) is 85.2 Å². The summed E-state index contributed by atoms with van der Waals surface area (Å²) >= 11 is 0. The van der Waals surface area contributed by atoms with Crippen molar-refractivity contribution >= 4 is 10.9 Å². The van der Waals surface area contributed by atoms with Gasteiger partial charge in [0, 0.05) is 36.3 Å². The normalized spacial score (nSPS) is 14.1. The molecule has 0 N–H and O–H groups in total. The average Bonchev–Trinajstić information content (AvgIpc) is 2.86. The van der Waals surface area contributed by atoms with Crippen LogP contribution in [-0.4, -0.2) is 0 Å². The van der Waals surface area contributed by atoms with Gasteiger partial charge in [-0.1, -0.05) is 63.6 Å². The molecule has 0 saturated carbocycles. The van der Waals surface area contributed by atoms with Gasteiger partial charge in [-0.25, -0.2) is 0 Å². The van der Waals surface area contributed by atoms with Gasteiger partial charge in [-0.15, -0.1) is 0 Å². The minimum absolute atomic E-state index is 0.113. The number of aryl methyl sites for hydroxylation is 4. The van der Waals surface area contributed by atoms with Crippen LogP contribution in [0.3, 0.4) is 0 Å². The zero-order valence-corrected chi connectivity index (χ0v) is 22.5. The Balaban J connectivity index is 1.74. The minimum atomic E-state index is 0.113. The molecule has 0 atom stereocenters. The Hall–Kier alpha value is -2.93. The molecular weight excluding hydrogens is 422 g/mol. The molecule has 0 spiro atoms. The Kier molecular flexibility index (Phi) is 6.30. The van der Waals surface area contributed by atoms with Gasteiger partial charge in [0.25, 0.3) is 0 Å². The molecule has 1 aliphatic heterocycles. The minimum Gasteiger partial charge on any atom is -0.185 e. The van der Waals surface area contributed by atoms with Gasteiger partial charge in [0.2, 0.25) is 11.2 Å². The summed E-state index contributed by atoms with van der Waals surface area (Å²) in [7, 11) is 0. The number of aromatic nitrogens is 1. The molecule has 0 aliphatic carbocycles. The first-order valence-corrected chi connectivity index (χ1v) is 13.6. The maximum atomic E-state index is 2.71. The lowest BCUT2D eigenvalue weighted by atomic mass is 9.77. The predicted molar refractivity (Wildman–Crippen MR) is 150 cm³/mol. The van der Waals surface area contributed by atoms with Crippen LogP contribution in [0.25, 0.3) is 33.3 Å². The summed E-state index contributed by atoms with van der Waals surface area (Å²) < 4.78 is 2.71. The first-order valence-electron chi connectivity index (χ1n) is 13.6. The number of nitrogens with zero attached hydrogens (tertiary/aromatic N) is 1. The standard InChI is InChI=1S/C34H40N/c1-7-10-13-26-18-23(4)32(24(5)19-26)28-16-17-29-22-34(8-2,9-3)35-31-15-12-11-14-27(31)20-25(6)33(35)30(29)21-28/h11-12,14-21H,7-10,13,22H2,1-6H3/q+1. The molecule has 180 valence electrons. The summed E-state index contributed by atoms with van der Waals surface area (Å²) in [4.78, 5) is 0. The van der Waals surface area contributed by atoms with E-state index >= 15 is 0 Å². The second-order valence-electron chi connectivity index (χ2n) is 10.8. The van der Waals surface area contributed by atoms with E-state index in [1.54, 1.807) is 0 Å². The van der Waals surface area contributed by atoms with Crippen LogP contribution in [0.2, 0.25) is 0 Å². The maximum absolute atomic E-state index is 2.71. The predicted octanol–water partition coefficient (Wildman–Crippen LogP) is 8.80. The third kappa shape index (κ3) is 3.90. The van der Waals surface area contributed by atoms with Crippen LogP contribution in [0.5, 0.6) is 0 Å². The van der Waals surface area contributed by atoms with Crippen molar-refractivity contribution in [1.29, 1.82) is 0 Å². The van der Waals surface area contributed by atoms with Gasteiger partial charge in [0.05, 0.1) is 5.56 Å². The fraction of sp³-hybridized carbons (Fsp3) is 0.382. The van der Waals surface area contributed by atoms with Crippen LogP contribution in [0.4, 0.5) is 0 Å². The fourth-order valence-electron chi connectivity index (χ4n) is 6.63. The number of unbranched alkanes of at least 4 members (excludes halogenated alkanes) is 1. The molecule has 4 aromatic rings. The number of hydrogen-bond donors (Lipinski definition) is 0. The largest absolute Gasteiger partial charge is 0.216 e. The van der Waals surface area contributed by atoms with Gasteiger partial charge < -0.3 is 0 Å². The second-order valence-corrected chi connectivity index (χ2v) is 10.8. The highest BCUT2D eigenvalue weighted by molar-refractivity contribution is 5.83. The van der Waals surface area contributed by atoms with E-state index in [0.29, 0.717) is 0 Å². The van der Waals surface area contributed by atoms with E-state index in [2.05, 4.69) is 107 Å². The molecule has 1 aliphatic rings. The SMILES string of the molecule is CCCCc1cc(C)c(-c2ccc3c(c2)-c2c(C)cc4ccccc4[n+]2C(CC)(CC)C3)c(C)c1. The molecule has 0 bridgehead atoms. The first-order chi connectivity index (χ1) is 16.9. The van der Waals surface area contributed by atoms with Crippen molar-refractivity contribution in [2.45, 2.75) is 85.6 Å². The molecule has 5 rings (SSSR count). The lowest BCUT2D eigenvalue weighted by Crippen LogP contribution is -2.61. The highest BCUT2D eigenvalue weighted by Gasteiger charge is 2.45. The summed E-state index contributed by atoms with van der Waals surface area (Å²) in [6, 6.07) is 23.4. The lowest BCUT2D eigenvalue weighted by molar-refractivity contribution is -0.736. The third-order valence-electron chi connectivity index (χ3n) is 8.52. The Labute approximate surface area is 211 Å². The van der Waals surface area contributed by atoms with Crippen LogP contribution >= 0.6 is 0 Å². The van der Waals surface area contributed by atoms with Gasteiger partial charge in [0.15, 0.2) is 5.54 Å². The molecule has 0 fully saturated rings.